The summed E-state index contributed by atoms with van der Waals surface area (Å²) in [5, 5.41) is 4.18. The smallest absolute Gasteiger partial charge is 0.411 e. The lowest BCUT2D eigenvalue weighted by Gasteiger charge is -2.47. The van der Waals surface area contributed by atoms with Gasteiger partial charge in [-0.2, -0.15) is 0 Å². The van der Waals surface area contributed by atoms with Crippen LogP contribution in [0.3, 0.4) is 0 Å². The van der Waals surface area contributed by atoms with Crippen molar-refractivity contribution < 1.29 is 23.9 Å². The second-order valence-electron chi connectivity index (χ2n) is 12.4. The number of amides is 5. The zero-order valence-electron chi connectivity index (χ0n) is 24.3. The van der Waals surface area contributed by atoms with Gasteiger partial charge in [0.1, 0.15) is 11.6 Å². The summed E-state index contributed by atoms with van der Waals surface area (Å²) in [5.41, 5.74) is 3.01. The summed E-state index contributed by atoms with van der Waals surface area (Å²) in [5.74, 6) is -0.557. The van der Waals surface area contributed by atoms with Gasteiger partial charge in [0.15, 0.2) is 0 Å². The molecule has 1 aromatic heterocycles. The van der Waals surface area contributed by atoms with Crippen LogP contribution in [0.4, 0.5) is 9.59 Å². The number of fused-ring (bicyclic) bond motifs is 4. The van der Waals surface area contributed by atoms with Crippen molar-refractivity contribution in [2.24, 2.45) is 0 Å². The average molecular weight is 572 g/mol. The highest BCUT2D eigenvalue weighted by molar-refractivity contribution is 5.98. The van der Waals surface area contributed by atoms with Gasteiger partial charge in [-0.3, -0.25) is 19.4 Å². The molecule has 4 heterocycles. The lowest BCUT2D eigenvalue weighted by atomic mass is 9.90. The molecule has 10 heteroatoms. The Hall–Kier alpha value is -4.34. The van der Waals surface area contributed by atoms with E-state index in [0.29, 0.717) is 25.8 Å². The fourth-order valence-electron chi connectivity index (χ4n) is 6.42. The van der Waals surface area contributed by atoms with Crippen LogP contribution in [0.15, 0.2) is 54.6 Å². The number of para-hydroxylation sites is 1. The molecule has 0 aliphatic carbocycles. The van der Waals surface area contributed by atoms with Crippen LogP contribution in [-0.4, -0.2) is 73.9 Å². The number of aromatic nitrogens is 1. The van der Waals surface area contributed by atoms with E-state index in [1.807, 2.05) is 54.6 Å². The topological polar surface area (TPSA) is 115 Å². The largest absolute Gasteiger partial charge is 0.444 e. The van der Waals surface area contributed by atoms with Crippen molar-refractivity contribution in [3.63, 3.8) is 0 Å². The predicted molar refractivity (Wildman–Crippen MR) is 156 cm³/mol. The first-order chi connectivity index (χ1) is 20.1. The third-order valence-electron chi connectivity index (χ3n) is 8.39. The number of carbonyl (C=O) groups is 4. The number of ether oxygens (including phenoxy) is 1. The van der Waals surface area contributed by atoms with Crippen molar-refractivity contribution in [3.8, 4) is 0 Å². The van der Waals surface area contributed by atoms with Crippen LogP contribution in [0.5, 0.6) is 0 Å². The van der Waals surface area contributed by atoms with Crippen molar-refractivity contribution in [2.75, 3.05) is 6.54 Å². The zero-order chi connectivity index (χ0) is 29.6. The molecule has 3 aromatic rings. The van der Waals surface area contributed by atoms with Gasteiger partial charge in [-0.15, -0.1) is 0 Å². The van der Waals surface area contributed by atoms with E-state index in [2.05, 4.69) is 10.3 Å². The molecule has 42 heavy (non-hydrogen) atoms. The third-order valence-corrected chi connectivity index (χ3v) is 8.39. The Balaban J connectivity index is 1.22. The lowest BCUT2D eigenvalue weighted by molar-refractivity contribution is -0.136. The van der Waals surface area contributed by atoms with Gasteiger partial charge in [0.25, 0.3) is 0 Å². The van der Waals surface area contributed by atoms with Gasteiger partial charge in [-0.05, 0) is 50.8 Å². The number of aromatic amines is 1. The summed E-state index contributed by atoms with van der Waals surface area (Å²) in [6.07, 6.45) is 1.25. The number of hydrogen-bond donors (Lipinski definition) is 2. The number of benzene rings is 2. The molecule has 6 rings (SSSR count). The number of piperidine rings is 1. The Bertz CT molecular complexity index is 1530. The highest BCUT2D eigenvalue weighted by Crippen LogP contribution is 2.33. The number of urea groups is 1. The van der Waals surface area contributed by atoms with E-state index >= 15 is 0 Å². The number of rotatable bonds is 4. The fraction of sp³-hybridized carbons (Fsp3) is 0.438. The summed E-state index contributed by atoms with van der Waals surface area (Å²) in [4.78, 5) is 61.9. The fourth-order valence-corrected chi connectivity index (χ4v) is 6.42. The van der Waals surface area contributed by atoms with Crippen LogP contribution >= 0.6 is 0 Å². The zero-order valence-corrected chi connectivity index (χ0v) is 24.3. The quantitative estimate of drug-likeness (QED) is 0.484. The molecule has 3 aliphatic heterocycles. The Morgan fingerprint density at radius 1 is 1.02 bits per heavy atom. The summed E-state index contributed by atoms with van der Waals surface area (Å²) >= 11 is 0. The first-order valence-corrected chi connectivity index (χ1v) is 14.6. The van der Waals surface area contributed by atoms with Gasteiger partial charge < -0.3 is 19.9 Å². The summed E-state index contributed by atoms with van der Waals surface area (Å²) in [6.45, 7) is 6.36. The number of hydrogen-bond acceptors (Lipinski definition) is 5. The highest BCUT2D eigenvalue weighted by atomic mass is 16.6. The maximum Gasteiger partial charge on any atom is 0.411 e. The van der Waals surface area contributed by atoms with Crippen molar-refractivity contribution in [3.05, 3.63) is 71.4 Å². The van der Waals surface area contributed by atoms with Crippen molar-refractivity contribution >= 4 is 34.8 Å². The minimum absolute atomic E-state index is 0.135. The molecule has 2 fully saturated rings. The van der Waals surface area contributed by atoms with E-state index in [-0.39, 0.29) is 37.4 Å². The van der Waals surface area contributed by atoms with Crippen molar-refractivity contribution in [1.29, 1.82) is 0 Å². The average Bonchev–Trinajstić information content (AvgIpc) is 3.32. The highest BCUT2D eigenvalue weighted by Gasteiger charge is 2.46. The molecule has 10 nitrogen and oxygen atoms in total. The van der Waals surface area contributed by atoms with E-state index in [9.17, 15) is 19.2 Å². The molecule has 5 amide bonds. The number of imide groups is 1. The van der Waals surface area contributed by atoms with E-state index in [1.54, 1.807) is 25.7 Å². The molecule has 3 atom stereocenters. The standard InChI is InChI=1S/C32H37N5O5/c1-32(2,3)42-31(41)36-19-25-22(21-12-7-8-13-23(21)33-25)16-27(36)29(39)34-24-14-9-15-35-26(24)17-28(38)37(30(35)40)18-20-10-5-4-6-11-20/h4-8,10-13,24,26-27,33H,9,14-19H2,1-3H3,(H,34,39). The van der Waals surface area contributed by atoms with E-state index in [0.717, 1.165) is 27.7 Å². The minimum atomic E-state index is -0.800. The number of H-pyrrole nitrogens is 1. The van der Waals surface area contributed by atoms with Crippen molar-refractivity contribution in [2.45, 2.75) is 83.3 Å². The van der Waals surface area contributed by atoms with Gasteiger partial charge in [-0.1, -0.05) is 48.5 Å². The minimum Gasteiger partial charge on any atom is -0.444 e. The summed E-state index contributed by atoms with van der Waals surface area (Å²) < 4.78 is 5.70. The van der Waals surface area contributed by atoms with Crippen LogP contribution in [-0.2, 0) is 33.8 Å². The Kier molecular flexibility index (Phi) is 7.16. The molecule has 220 valence electrons. The summed E-state index contributed by atoms with van der Waals surface area (Å²) in [6, 6.07) is 15.4. The monoisotopic (exact) mass is 571 g/mol. The van der Waals surface area contributed by atoms with Crippen LogP contribution in [0.1, 0.15) is 56.9 Å². The molecule has 0 radical (unpaired) electrons. The van der Waals surface area contributed by atoms with E-state index in [1.165, 1.54) is 9.80 Å². The van der Waals surface area contributed by atoms with Gasteiger partial charge in [0, 0.05) is 42.0 Å². The van der Waals surface area contributed by atoms with Crippen LogP contribution in [0.25, 0.3) is 10.9 Å². The molecular formula is C32H37N5O5. The predicted octanol–water partition coefficient (Wildman–Crippen LogP) is 4.33. The second-order valence-corrected chi connectivity index (χ2v) is 12.4. The molecule has 0 saturated carbocycles. The lowest BCUT2D eigenvalue weighted by Crippen LogP contribution is -2.66. The second kappa shape index (κ2) is 10.8. The van der Waals surface area contributed by atoms with E-state index < -0.39 is 29.8 Å². The molecule has 0 spiro atoms. The first kappa shape index (κ1) is 27.8. The van der Waals surface area contributed by atoms with Gasteiger partial charge >= 0.3 is 12.1 Å². The molecular weight excluding hydrogens is 534 g/mol. The maximum absolute atomic E-state index is 14.0. The number of carbonyl (C=O) groups excluding carboxylic acids is 4. The van der Waals surface area contributed by atoms with Crippen LogP contribution < -0.4 is 5.32 Å². The van der Waals surface area contributed by atoms with Crippen molar-refractivity contribution in [1.82, 2.24) is 25.0 Å². The Morgan fingerprint density at radius 3 is 2.52 bits per heavy atom. The summed E-state index contributed by atoms with van der Waals surface area (Å²) in [7, 11) is 0. The molecule has 2 aromatic carbocycles. The van der Waals surface area contributed by atoms with Crippen LogP contribution in [0, 0.1) is 0 Å². The molecule has 2 N–H and O–H groups in total. The third kappa shape index (κ3) is 5.33. The normalized spacial score (nSPS) is 22.5. The molecule has 2 saturated heterocycles. The molecule has 3 unspecified atom stereocenters. The first-order valence-electron chi connectivity index (χ1n) is 14.6. The SMILES string of the molecule is CC(C)(C)OC(=O)N1Cc2[nH]c3ccccc3c2CC1C(=O)NC1CCCN2C(=O)N(Cc3ccccc3)C(=O)CC12. The van der Waals surface area contributed by atoms with Gasteiger partial charge in [0.2, 0.25) is 11.8 Å². The Morgan fingerprint density at radius 2 is 1.76 bits per heavy atom. The Labute approximate surface area is 245 Å². The van der Waals surface area contributed by atoms with E-state index in [4.69, 9.17) is 4.74 Å². The molecule has 3 aliphatic rings. The van der Waals surface area contributed by atoms with Crippen LogP contribution in [0.2, 0.25) is 0 Å². The number of nitrogens with one attached hydrogen (secondary N) is 2. The number of nitrogens with zero attached hydrogens (tertiary/aromatic N) is 3. The maximum atomic E-state index is 14.0. The van der Waals surface area contributed by atoms with Gasteiger partial charge in [-0.25, -0.2) is 9.59 Å². The van der Waals surface area contributed by atoms with Gasteiger partial charge in [0.05, 0.1) is 19.1 Å². The molecule has 0 bridgehead atoms.